The van der Waals surface area contributed by atoms with Crippen LogP contribution in [-0.4, -0.2) is 96.7 Å². The molecular weight excluding hydrogens is 1150 g/mol. The number of aliphatic hydroxyl groups excluding tert-OH is 1. The number of unbranched alkanes of at least 4 members (excludes halogenated alkanes) is 38. The van der Waals surface area contributed by atoms with Gasteiger partial charge in [0.1, 0.15) is 19.3 Å². The molecule has 512 valence electrons. The molecule has 0 saturated heterocycles. The lowest BCUT2D eigenvalue weighted by Gasteiger charge is -2.21. The minimum Gasteiger partial charge on any atom is -0.462 e. The standard InChI is InChI=1S/C68H128O17P2/c1-5-9-13-17-20-23-26-29-31-33-36-38-41-45-49-53-66(71)79-59-64(85-68(73)55-51-47-43-40-37-34-32-30-27-24-21-18-14-10-6-2)61-83-87(76,77)81-57-62(69)56-80-86(74,75)82-60-63(58-78-65(70)52-48-44-16-12-8-4)84-67(72)54-50-46-42-39-35-28-25-22-19-15-11-7-3/h24,27,30,32,62-64,69H,5-23,25-26,28-29,31,33-61H2,1-4H3,(H,74,75)(H,76,77)/b27-24-,32-30-/t62-,63+,64+/m0/s1. The van der Waals surface area contributed by atoms with E-state index < -0.39 is 97.5 Å². The van der Waals surface area contributed by atoms with Crippen molar-refractivity contribution >= 4 is 39.5 Å². The van der Waals surface area contributed by atoms with Crippen molar-refractivity contribution in [3.05, 3.63) is 24.3 Å². The zero-order valence-electron chi connectivity index (χ0n) is 55.5. The second-order valence-electron chi connectivity index (χ2n) is 23.9. The van der Waals surface area contributed by atoms with Crippen LogP contribution < -0.4 is 0 Å². The Balaban J connectivity index is 5.20. The number of hydrogen-bond acceptors (Lipinski definition) is 15. The van der Waals surface area contributed by atoms with Gasteiger partial charge in [0.05, 0.1) is 26.4 Å². The maximum Gasteiger partial charge on any atom is 0.472 e. The molecule has 17 nitrogen and oxygen atoms in total. The summed E-state index contributed by atoms with van der Waals surface area (Å²) in [6.45, 7) is 4.78. The van der Waals surface area contributed by atoms with E-state index in [0.29, 0.717) is 25.7 Å². The molecule has 0 aliphatic carbocycles. The fraction of sp³-hybridized carbons (Fsp3) is 0.882. The number of carbonyl (C=O) groups is 4. The zero-order chi connectivity index (χ0) is 64.0. The van der Waals surface area contributed by atoms with Crippen LogP contribution in [0.2, 0.25) is 0 Å². The van der Waals surface area contributed by atoms with E-state index in [2.05, 4.69) is 52.0 Å². The molecule has 19 heteroatoms. The molecule has 0 aromatic carbocycles. The van der Waals surface area contributed by atoms with Crippen LogP contribution >= 0.6 is 15.6 Å². The first kappa shape index (κ1) is 84.5. The second kappa shape index (κ2) is 62.4. The molecule has 0 aromatic heterocycles. The molecule has 0 saturated carbocycles. The van der Waals surface area contributed by atoms with Gasteiger partial charge in [0.15, 0.2) is 12.2 Å². The third-order valence-corrected chi connectivity index (χ3v) is 17.1. The first-order valence-corrected chi connectivity index (χ1v) is 38.1. The van der Waals surface area contributed by atoms with Crippen LogP contribution in [0.3, 0.4) is 0 Å². The Kier molecular flexibility index (Phi) is 60.6. The molecule has 0 bridgehead atoms. The van der Waals surface area contributed by atoms with Crippen molar-refractivity contribution in [2.45, 2.75) is 348 Å². The molecular formula is C68H128O17P2. The van der Waals surface area contributed by atoms with E-state index in [-0.39, 0.29) is 25.7 Å². The molecule has 2 unspecified atom stereocenters. The van der Waals surface area contributed by atoms with Crippen LogP contribution in [0.25, 0.3) is 0 Å². The Hall–Kier alpha value is -2.46. The quantitative estimate of drug-likeness (QED) is 0.0169. The van der Waals surface area contributed by atoms with Crippen LogP contribution in [-0.2, 0) is 65.4 Å². The highest BCUT2D eigenvalue weighted by molar-refractivity contribution is 7.47. The molecule has 5 atom stereocenters. The number of hydrogen-bond donors (Lipinski definition) is 3. The number of phosphoric ester groups is 2. The number of carbonyl (C=O) groups excluding carboxylic acids is 4. The van der Waals surface area contributed by atoms with E-state index in [1.54, 1.807) is 0 Å². The lowest BCUT2D eigenvalue weighted by atomic mass is 10.0. The Bertz CT molecular complexity index is 1760. The molecule has 0 amide bonds. The lowest BCUT2D eigenvalue weighted by Crippen LogP contribution is -2.30. The fourth-order valence-electron chi connectivity index (χ4n) is 9.80. The van der Waals surface area contributed by atoms with Crippen LogP contribution in [0, 0.1) is 0 Å². The lowest BCUT2D eigenvalue weighted by molar-refractivity contribution is -0.161. The van der Waals surface area contributed by atoms with Gasteiger partial charge in [0.25, 0.3) is 0 Å². The van der Waals surface area contributed by atoms with Crippen molar-refractivity contribution in [2.24, 2.45) is 0 Å². The highest BCUT2D eigenvalue weighted by Gasteiger charge is 2.30. The Morgan fingerprint density at radius 2 is 0.552 bits per heavy atom. The number of ether oxygens (including phenoxy) is 4. The predicted molar refractivity (Wildman–Crippen MR) is 349 cm³/mol. The van der Waals surface area contributed by atoms with Crippen molar-refractivity contribution in [1.29, 1.82) is 0 Å². The van der Waals surface area contributed by atoms with Crippen molar-refractivity contribution in [2.75, 3.05) is 39.6 Å². The summed E-state index contributed by atoms with van der Waals surface area (Å²) in [6, 6.07) is 0. The predicted octanol–water partition coefficient (Wildman–Crippen LogP) is 19.1. The monoisotopic (exact) mass is 1280 g/mol. The van der Waals surface area contributed by atoms with Gasteiger partial charge in [-0.3, -0.25) is 37.3 Å². The van der Waals surface area contributed by atoms with E-state index in [1.165, 1.54) is 141 Å². The maximum atomic E-state index is 13.0. The number of aliphatic hydroxyl groups is 1. The summed E-state index contributed by atoms with van der Waals surface area (Å²) in [4.78, 5) is 72.2. The van der Waals surface area contributed by atoms with Crippen LogP contribution in [0.1, 0.15) is 329 Å². The van der Waals surface area contributed by atoms with E-state index >= 15 is 0 Å². The zero-order valence-corrected chi connectivity index (χ0v) is 57.3. The number of rotatable bonds is 67. The molecule has 3 N–H and O–H groups in total. The fourth-order valence-corrected chi connectivity index (χ4v) is 11.4. The molecule has 0 aromatic rings. The SMILES string of the molecule is CCCCCC/C=C\C=C/CCCCCCCC(=O)O[C@H](COC(=O)CCCCCCCCCCCCCCCCC)COP(=O)(O)OC[C@@H](O)COP(=O)(O)OC[C@@H](COC(=O)CCCCCCC)OC(=O)CCCCCCCCCCCCCC. The van der Waals surface area contributed by atoms with Gasteiger partial charge in [-0.05, 0) is 51.4 Å². The molecule has 0 fully saturated rings. The van der Waals surface area contributed by atoms with Gasteiger partial charge in [-0.2, -0.15) is 0 Å². The summed E-state index contributed by atoms with van der Waals surface area (Å²) in [7, 11) is -9.90. The van der Waals surface area contributed by atoms with Gasteiger partial charge in [-0.1, -0.05) is 277 Å². The topological polar surface area (TPSA) is 237 Å². The minimum absolute atomic E-state index is 0.0858. The van der Waals surface area contributed by atoms with Crippen LogP contribution in [0.4, 0.5) is 0 Å². The normalized spacial score (nSPS) is 14.2. The van der Waals surface area contributed by atoms with E-state index in [0.717, 1.165) is 109 Å². The van der Waals surface area contributed by atoms with E-state index in [9.17, 15) is 43.2 Å². The maximum absolute atomic E-state index is 13.0. The Morgan fingerprint density at radius 1 is 0.322 bits per heavy atom. The molecule has 0 aliphatic heterocycles. The van der Waals surface area contributed by atoms with Gasteiger partial charge >= 0.3 is 39.5 Å². The molecule has 0 spiro atoms. The van der Waals surface area contributed by atoms with Crippen molar-refractivity contribution < 1.29 is 80.2 Å². The van der Waals surface area contributed by atoms with Crippen molar-refractivity contribution in [1.82, 2.24) is 0 Å². The third-order valence-electron chi connectivity index (χ3n) is 15.2. The number of phosphoric acid groups is 2. The van der Waals surface area contributed by atoms with Crippen molar-refractivity contribution in [3.8, 4) is 0 Å². The Labute approximate surface area is 529 Å². The van der Waals surface area contributed by atoms with E-state index in [4.69, 9.17) is 37.0 Å². The average Bonchev–Trinajstić information content (AvgIpc) is 3.60. The summed E-state index contributed by atoms with van der Waals surface area (Å²) < 4.78 is 67.9. The summed E-state index contributed by atoms with van der Waals surface area (Å²) in [5.41, 5.74) is 0. The third kappa shape index (κ3) is 62.1. The number of esters is 4. The molecule has 0 heterocycles. The highest BCUT2D eigenvalue weighted by atomic mass is 31.2. The second-order valence-corrected chi connectivity index (χ2v) is 26.8. The summed E-state index contributed by atoms with van der Waals surface area (Å²) in [5, 5.41) is 10.5. The van der Waals surface area contributed by atoms with Gasteiger partial charge in [0, 0.05) is 25.7 Å². The van der Waals surface area contributed by atoms with Crippen molar-refractivity contribution in [3.63, 3.8) is 0 Å². The molecule has 87 heavy (non-hydrogen) atoms. The molecule has 0 radical (unpaired) electrons. The largest absolute Gasteiger partial charge is 0.472 e. The van der Waals surface area contributed by atoms with E-state index in [1.807, 2.05) is 0 Å². The minimum atomic E-state index is -4.95. The smallest absolute Gasteiger partial charge is 0.462 e. The number of allylic oxidation sites excluding steroid dienone is 4. The molecule has 0 aliphatic rings. The summed E-state index contributed by atoms with van der Waals surface area (Å²) in [5.74, 6) is -2.17. The first-order valence-electron chi connectivity index (χ1n) is 35.1. The summed E-state index contributed by atoms with van der Waals surface area (Å²) in [6.07, 6.45) is 52.4. The average molecular weight is 1280 g/mol. The molecule has 0 rings (SSSR count). The van der Waals surface area contributed by atoms with Gasteiger partial charge in [-0.25, -0.2) is 9.13 Å². The van der Waals surface area contributed by atoms with Gasteiger partial charge < -0.3 is 33.8 Å². The Morgan fingerprint density at radius 3 is 0.839 bits per heavy atom. The van der Waals surface area contributed by atoms with Crippen LogP contribution in [0.5, 0.6) is 0 Å². The first-order chi connectivity index (χ1) is 42.2. The summed E-state index contributed by atoms with van der Waals surface area (Å²) >= 11 is 0. The van der Waals surface area contributed by atoms with Gasteiger partial charge in [0.2, 0.25) is 0 Å². The van der Waals surface area contributed by atoms with Gasteiger partial charge in [-0.15, -0.1) is 0 Å². The highest BCUT2D eigenvalue weighted by Crippen LogP contribution is 2.45. The van der Waals surface area contributed by atoms with Crippen LogP contribution in [0.15, 0.2) is 24.3 Å².